The minimum Gasteiger partial charge on any atom is -0.423 e. The van der Waals surface area contributed by atoms with Crippen molar-refractivity contribution in [3.05, 3.63) is 46.1 Å². The number of hydrogen-bond donors (Lipinski definition) is 0. The summed E-state index contributed by atoms with van der Waals surface area (Å²) < 4.78 is 37.3. The summed E-state index contributed by atoms with van der Waals surface area (Å²) in [6, 6.07) is 0.948. The van der Waals surface area contributed by atoms with E-state index in [0.717, 1.165) is 12.1 Å². The van der Waals surface area contributed by atoms with Crippen LogP contribution in [0.5, 0.6) is 0 Å². The molecule has 1 aliphatic heterocycles. The summed E-state index contributed by atoms with van der Waals surface area (Å²) >= 11 is 5.88. The molecule has 1 aliphatic rings. The third-order valence-electron chi connectivity index (χ3n) is 3.46. The number of hydrogen-bond acceptors (Lipinski definition) is 5. The van der Waals surface area contributed by atoms with Crippen molar-refractivity contribution in [3.8, 4) is 0 Å². The van der Waals surface area contributed by atoms with Crippen LogP contribution in [0.2, 0.25) is 5.02 Å². The first kappa shape index (κ1) is 15.8. The molecule has 0 saturated carbocycles. The fourth-order valence-corrected chi connectivity index (χ4v) is 2.57. The topological polar surface area (TPSA) is 68.5 Å². The van der Waals surface area contributed by atoms with Crippen LogP contribution in [0.15, 0.2) is 16.5 Å². The second-order valence-corrected chi connectivity index (χ2v) is 5.40. The van der Waals surface area contributed by atoms with E-state index in [4.69, 9.17) is 20.8 Å². The van der Waals surface area contributed by atoms with Crippen LogP contribution in [0.25, 0.3) is 0 Å². The Balaban J connectivity index is 1.94. The molecule has 0 spiro atoms. The van der Waals surface area contributed by atoms with E-state index >= 15 is 0 Å². The highest BCUT2D eigenvalue weighted by atomic mass is 35.5. The maximum absolute atomic E-state index is 13.4. The van der Waals surface area contributed by atoms with Gasteiger partial charge >= 0.3 is 0 Å². The summed E-state index contributed by atoms with van der Waals surface area (Å²) in [4.78, 5) is 14.1. The van der Waals surface area contributed by atoms with Gasteiger partial charge in [0.2, 0.25) is 11.8 Å². The maximum atomic E-state index is 13.4. The summed E-state index contributed by atoms with van der Waals surface area (Å²) in [7, 11) is 0. The van der Waals surface area contributed by atoms with Gasteiger partial charge in [0.15, 0.2) is 11.6 Å². The largest absolute Gasteiger partial charge is 0.423 e. The molecule has 1 fully saturated rings. The predicted molar refractivity (Wildman–Crippen MR) is 75.0 cm³/mol. The van der Waals surface area contributed by atoms with Crippen LogP contribution in [0.3, 0.4) is 0 Å². The molecule has 0 radical (unpaired) electrons. The number of benzene rings is 1. The van der Waals surface area contributed by atoms with Gasteiger partial charge in [0, 0.05) is 13.5 Å². The molecule has 1 aromatic heterocycles. The zero-order chi connectivity index (χ0) is 16.6. The van der Waals surface area contributed by atoms with Crippen LogP contribution in [-0.2, 0) is 4.74 Å². The van der Waals surface area contributed by atoms with E-state index in [9.17, 15) is 13.6 Å². The highest BCUT2D eigenvalue weighted by Crippen LogP contribution is 2.28. The molecular weight excluding hydrogens is 332 g/mol. The predicted octanol–water partition coefficient (Wildman–Crippen LogP) is 2.52. The molecule has 3 rings (SSSR count). The van der Waals surface area contributed by atoms with Crippen LogP contribution in [0.1, 0.15) is 28.2 Å². The minimum absolute atomic E-state index is 0.131. The molecule has 6 nitrogen and oxygen atoms in total. The molecule has 122 valence electrons. The first-order valence-electron chi connectivity index (χ1n) is 6.80. The Hall–Kier alpha value is -2.06. The molecule has 0 bridgehead atoms. The molecule has 23 heavy (non-hydrogen) atoms. The summed E-state index contributed by atoms with van der Waals surface area (Å²) in [6.07, 6.45) is 0. The number of amides is 1. The quantitative estimate of drug-likeness (QED) is 0.784. The Morgan fingerprint density at radius 1 is 1.35 bits per heavy atom. The Morgan fingerprint density at radius 3 is 2.78 bits per heavy atom. The number of aromatic nitrogens is 2. The van der Waals surface area contributed by atoms with Crippen LogP contribution in [0.4, 0.5) is 8.78 Å². The molecule has 2 aromatic rings. The molecule has 1 aromatic carbocycles. The van der Waals surface area contributed by atoms with E-state index in [2.05, 4.69) is 10.2 Å². The number of ether oxygens (including phenoxy) is 1. The monoisotopic (exact) mass is 343 g/mol. The zero-order valence-electron chi connectivity index (χ0n) is 12.1. The Kier molecular flexibility index (Phi) is 4.27. The van der Waals surface area contributed by atoms with Crippen LogP contribution in [-0.4, -0.2) is 40.8 Å². The van der Waals surface area contributed by atoms with Crippen LogP contribution >= 0.6 is 11.6 Å². The van der Waals surface area contributed by atoms with Crippen molar-refractivity contribution in [1.82, 2.24) is 15.1 Å². The number of nitrogens with zero attached hydrogens (tertiary/aromatic N) is 3. The normalized spacial score (nSPS) is 18.3. The average molecular weight is 344 g/mol. The molecule has 1 amide bonds. The Bertz CT molecular complexity index is 753. The SMILES string of the molecule is Cc1nnc(C2COCCN2C(=O)c2cc(F)c(F)cc2Cl)o1. The van der Waals surface area contributed by atoms with Gasteiger partial charge in [0.1, 0.15) is 6.04 Å². The van der Waals surface area contributed by atoms with Gasteiger partial charge in [-0.05, 0) is 12.1 Å². The summed E-state index contributed by atoms with van der Waals surface area (Å²) in [6.45, 7) is 2.32. The van der Waals surface area contributed by atoms with E-state index in [1.165, 1.54) is 4.90 Å². The van der Waals surface area contributed by atoms with Gasteiger partial charge in [-0.3, -0.25) is 4.79 Å². The maximum Gasteiger partial charge on any atom is 0.256 e. The number of aryl methyl sites for hydroxylation is 1. The van der Waals surface area contributed by atoms with E-state index in [0.29, 0.717) is 12.5 Å². The standard InChI is InChI=1S/C14H12ClF2N3O3/c1-7-18-19-13(23-7)12-6-22-3-2-20(12)14(21)8-4-10(16)11(17)5-9(8)15/h4-5,12H,2-3,6H2,1H3. The highest BCUT2D eigenvalue weighted by molar-refractivity contribution is 6.33. The lowest BCUT2D eigenvalue weighted by Crippen LogP contribution is -2.43. The minimum atomic E-state index is -1.14. The van der Waals surface area contributed by atoms with Gasteiger partial charge in [-0.2, -0.15) is 0 Å². The van der Waals surface area contributed by atoms with Crippen molar-refractivity contribution < 1.29 is 22.7 Å². The number of carbonyl (C=O) groups excluding carboxylic acids is 1. The highest BCUT2D eigenvalue weighted by Gasteiger charge is 2.34. The van der Waals surface area contributed by atoms with Gasteiger partial charge in [0.25, 0.3) is 5.91 Å². The molecule has 0 N–H and O–H groups in total. The molecule has 1 saturated heterocycles. The first-order chi connectivity index (χ1) is 11.0. The lowest BCUT2D eigenvalue weighted by atomic mass is 10.1. The van der Waals surface area contributed by atoms with Gasteiger partial charge in [-0.15, -0.1) is 10.2 Å². The van der Waals surface area contributed by atoms with Crippen molar-refractivity contribution in [2.24, 2.45) is 0 Å². The third-order valence-corrected chi connectivity index (χ3v) is 3.77. The molecule has 9 heteroatoms. The summed E-state index contributed by atoms with van der Waals surface area (Å²) in [5.41, 5.74) is -0.131. The zero-order valence-corrected chi connectivity index (χ0v) is 12.8. The number of carbonyl (C=O) groups is 1. The van der Waals surface area contributed by atoms with Crippen molar-refractivity contribution in [2.75, 3.05) is 19.8 Å². The molecular formula is C14H12ClF2N3O3. The van der Waals surface area contributed by atoms with Crippen molar-refractivity contribution in [3.63, 3.8) is 0 Å². The van der Waals surface area contributed by atoms with Gasteiger partial charge < -0.3 is 14.1 Å². The van der Waals surface area contributed by atoms with Crippen molar-refractivity contribution in [2.45, 2.75) is 13.0 Å². The molecule has 1 atom stereocenters. The lowest BCUT2D eigenvalue weighted by Gasteiger charge is -2.33. The number of halogens is 3. The Labute approximate surface area is 135 Å². The molecule has 2 heterocycles. The van der Waals surface area contributed by atoms with Crippen molar-refractivity contribution >= 4 is 17.5 Å². The Morgan fingerprint density at radius 2 is 2.09 bits per heavy atom. The third kappa shape index (κ3) is 3.04. The van der Waals surface area contributed by atoms with E-state index in [1.807, 2.05) is 0 Å². The summed E-state index contributed by atoms with van der Waals surface area (Å²) in [5.74, 6) is -2.25. The first-order valence-corrected chi connectivity index (χ1v) is 7.18. The smallest absolute Gasteiger partial charge is 0.256 e. The lowest BCUT2D eigenvalue weighted by molar-refractivity contribution is -0.0106. The van der Waals surface area contributed by atoms with Crippen LogP contribution < -0.4 is 0 Å². The van der Waals surface area contributed by atoms with Gasteiger partial charge in [-0.1, -0.05) is 11.6 Å². The summed E-state index contributed by atoms with van der Waals surface area (Å²) in [5, 5.41) is 7.45. The number of rotatable bonds is 2. The average Bonchev–Trinajstić information content (AvgIpc) is 2.96. The van der Waals surface area contributed by atoms with Gasteiger partial charge in [0.05, 0.1) is 23.8 Å². The van der Waals surface area contributed by atoms with Crippen LogP contribution in [0, 0.1) is 18.6 Å². The van der Waals surface area contributed by atoms with Gasteiger partial charge in [-0.25, -0.2) is 8.78 Å². The van der Waals surface area contributed by atoms with Crippen molar-refractivity contribution in [1.29, 1.82) is 0 Å². The fourth-order valence-electron chi connectivity index (χ4n) is 2.34. The fraction of sp³-hybridized carbons (Fsp3) is 0.357. The second-order valence-electron chi connectivity index (χ2n) is 4.99. The molecule has 1 unspecified atom stereocenters. The second kappa shape index (κ2) is 6.21. The van der Waals surface area contributed by atoms with E-state index in [-0.39, 0.29) is 29.6 Å². The molecule has 0 aliphatic carbocycles. The van der Waals surface area contributed by atoms with E-state index < -0.39 is 23.6 Å². The number of morpholine rings is 1. The van der Waals surface area contributed by atoms with E-state index in [1.54, 1.807) is 6.92 Å².